The standard InChI is InChI=1S/C13H24N2O2/c16-8-7-15(12-3-1-2-4-12)13(17)9-11-5-6-14-10-11/h11-12,14,16H,1-10H2. The van der Waals surface area contributed by atoms with Gasteiger partial charge in [-0.15, -0.1) is 0 Å². The number of carbonyl (C=O) groups excluding carboxylic acids is 1. The van der Waals surface area contributed by atoms with E-state index in [9.17, 15) is 4.79 Å². The highest BCUT2D eigenvalue weighted by Gasteiger charge is 2.28. The molecule has 1 saturated carbocycles. The van der Waals surface area contributed by atoms with Crippen LogP contribution in [0.1, 0.15) is 38.5 Å². The van der Waals surface area contributed by atoms with E-state index in [1.807, 2.05) is 4.90 Å². The van der Waals surface area contributed by atoms with Crippen molar-refractivity contribution in [1.29, 1.82) is 0 Å². The van der Waals surface area contributed by atoms with Crippen LogP contribution < -0.4 is 5.32 Å². The molecule has 1 unspecified atom stereocenters. The predicted octanol–water partition coefficient (Wildman–Crippen LogP) is 0.749. The highest BCUT2D eigenvalue weighted by atomic mass is 16.3. The molecule has 0 aromatic heterocycles. The Hall–Kier alpha value is -0.610. The summed E-state index contributed by atoms with van der Waals surface area (Å²) in [7, 11) is 0. The minimum atomic E-state index is 0.0884. The summed E-state index contributed by atoms with van der Waals surface area (Å²) in [6.07, 6.45) is 6.46. The second-order valence-corrected chi connectivity index (χ2v) is 5.31. The number of aliphatic hydroxyl groups is 1. The van der Waals surface area contributed by atoms with Gasteiger partial charge in [-0.25, -0.2) is 0 Å². The van der Waals surface area contributed by atoms with E-state index in [0.29, 0.717) is 24.9 Å². The van der Waals surface area contributed by atoms with Crippen LogP contribution >= 0.6 is 0 Å². The summed E-state index contributed by atoms with van der Waals surface area (Å²) in [6, 6.07) is 0.393. The molecule has 0 radical (unpaired) electrons. The molecular formula is C13H24N2O2. The molecule has 1 atom stereocenters. The Labute approximate surface area is 103 Å². The zero-order valence-corrected chi connectivity index (χ0v) is 10.5. The zero-order valence-electron chi connectivity index (χ0n) is 10.5. The van der Waals surface area contributed by atoms with Crippen molar-refractivity contribution >= 4 is 5.91 Å². The largest absolute Gasteiger partial charge is 0.395 e. The van der Waals surface area contributed by atoms with Crippen LogP contribution in [0.25, 0.3) is 0 Å². The predicted molar refractivity (Wildman–Crippen MR) is 66.6 cm³/mol. The van der Waals surface area contributed by atoms with Gasteiger partial charge < -0.3 is 15.3 Å². The molecule has 4 heteroatoms. The van der Waals surface area contributed by atoms with E-state index in [4.69, 9.17) is 5.11 Å². The lowest BCUT2D eigenvalue weighted by Crippen LogP contribution is -2.41. The second-order valence-electron chi connectivity index (χ2n) is 5.31. The zero-order chi connectivity index (χ0) is 12.1. The molecule has 4 nitrogen and oxygen atoms in total. The normalized spacial score (nSPS) is 25.4. The fraction of sp³-hybridized carbons (Fsp3) is 0.923. The first-order valence-corrected chi connectivity index (χ1v) is 6.92. The Balaban J connectivity index is 1.86. The van der Waals surface area contributed by atoms with E-state index in [1.54, 1.807) is 0 Å². The number of amides is 1. The molecule has 0 aromatic carbocycles. The van der Waals surface area contributed by atoms with E-state index >= 15 is 0 Å². The molecule has 98 valence electrons. The molecule has 2 rings (SSSR count). The number of hydrogen-bond acceptors (Lipinski definition) is 3. The Morgan fingerprint density at radius 2 is 2.06 bits per heavy atom. The molecule has 0 spiro atoms. The average Bonchev–Trinajstić information content (AvgIpc) is 2.97. The smallest absolute Gasteiger partial charge is 0.223 e. The molecule has 1 heterocycles. The lowest BCUT2D eigenvalue weighted by atomic mass is 10.0. The molecule has 0 bridgehead atoms. The first kappa shape index (κ1) is 12.8. The molecule has 2 aliphatic rings. The lowest BCUT2D eigenvalue weighted by molar-refractivity contribution is -0.134. The SMILES string of the molecule is O=C(CC1CCNC1)N(CCO)C1CCCC1. The molecule has 2 fully saturated rings. The van der Waals surface area contributed by atoms with Gasteiger partial charge in [0.1, 0.15) is 0 Å². The van der Waals surface area contributed by atoms with E-state index in [1.165, 1.54) is 12.8 Å². The number of hydrogen-bond donors (Lipinski definition) is 2. The third kappa shape index (κ3) is 3.42. The van der Waals surface area contributed by atoms with Gasteiger partial charge in [-0.3, -0.25) is 4.79 Å². The van der Waals surface area contributed by atoms with Gasteiger partial charge in [0.25, 0.3) is 0 Å². The topological polar surface area (TPSA) is 52.6 Å². The van der Waals surface area contributed by atoms with Crippen molar-refractivity contribution < 1.29 is 9.90 Å². The third-order valence-electron chi connectivity index (χ3n) is 4.05. The minimum Gasteiger partial charge on any atom is -0.395 e. The number of carbonyl (C=O) groups is 1. The van der Waals surface area contributed by atoms with Crippen LogP contribution in [0.4, 0.5) is 0 Å². The number of nitrogens with one attached hydrogen (secondary N) is 1. The third-order valence-corrected chi connectivity index (χ3v) is 4.05. The molecule has 1 saturated heterocycles. The Bertz CT molecular complexity index is 246. The fourth-order valence-electron chi connectivity index (χ4n) is 3.09. The highest BCUT2D eigenvalue weighted by Crippen LogP contribution is 2.25. The van der Waals surface area contributed by atoms with Crippen molar-refractivity contribution in [2.75, 3.05) is 26.2 Å². The van der Waals surface area contributed by atoms with Gasteiger partial charge in [-0.1, -0.05) is 12.8 Å². The molecule has 1 aliphatic heterocycles. The summed E-state index contributed by atoms with van der Waals surface area (Å²) in [5.41, 5.74) is 0. The summed E-state index contributed by atoms with van der Waals surface area (Å²) >= 11 is 0. The monoisotopic (exact) mass is 240 g/mol. The van der Waals surface area contributed by atoms with Crippen LogP contribution in [-0.2, 0) is 4.79 Å². The van der Waals surface area contributed by atoms with Gasteiger partial charge in [0.2, 0.25) is 5.91 Å². The molecule has 1 aliphatic carbocycles. The Morgan fingerprint density at radius 3 is 2.65 bits per heavy atom. The maximum Gasteiger partial charge on any atom is 0.223 e. The summed E-state index contributed by atoms with van der Waals surface area (Å²) in [5.74, 6) is 0.754. The van der Waals surface area contributed by atoms with Crippen LogP contribution in [0, 0.1) is 5.92 Å². The van der Waals surface area contributed by atoms with Crippen LogP contribution in [0.3, 0.4) is 0 Å². The minimum absolute atomic E-state index is 0.0884. The van der Waals surface area contributed by atoms with E-state index in [2.05, 4.69) is 5.32 Å². The maximum absolute atomic E-state index is 12.3. The first-order valence-electron chi connectivity index (χ1n) is 6.92. The number of nitrogens with zero attached hydrogens (tertiary/aromatic N) is 1. The summed E-state index contributed by atoms with van der Waals surface area (Å²) in [4.78, 5) is 14.2. The number of aliphatic hydroxyl groups excluding tert-OH is 1. The number of rotatable bonds is 5. The van der Waals surface area contributed by atoms with Gasteiger partial charge in [0.05, 0.1) is 6.61 Å². The van der Waals surface area contributed by atoms with Gasteiger partial charge in [0, 0.05) is 19.0 Å². The molecule has 2 N–H and O–H groups in total. The lowest BCUT2D eigenvalue weighted by Gasteiger charge is -2.29. The fourth-order valence-corrected chi connectivity index (χ4v) is 3.09. The summed E-state index contributed by atoms with van der Waals surface area (Å²) < 4.78 is 0. The molecule has 17 heavy (non-hydrogen) atoms. The quantitative estimate of drug-likeness (QED) is 0.745. The van der Waals surface area contributed by atoms with Crippen molar-refractivity contribution in [1.82, 2.24) is 10.2 Å². The van der Waals surface area contributed by atoms with Gasteiger partial charge >= 0.3 is 0 Å². The maximum atomic E-state index is 12.3. The van der Waals surface area contributed by atoms with Gasteiger partial charge in [-0.2, -0.15) is 0 Å². The Morgan fingerprint density at radius 1 is 1.29 bits per heavy atom. The van der Waals surface area contributed by atoms with Crippen LogP contribution in [0.15, 0.2) is 0 Å². The van der Waals surface area contributed by atoms with Crippen LogP contribution in [-0.4, -0.2) is 48.2 Å². The van der Waals surface area contributed by atoms with Crippen molar-refractivity contribution in [2.45, 2.75) is 44.6 Å². The van der Waals surface area contributed by atoms with E-state index < -0.39 is 0 Å². The van der Waals surface area contributed by atoms with Gasteiger partial charge in [-0.05, 0) is 38.3 Å². The Kier molecular flexibility index (Phi) is 4.80. The van der Waals surface area contributed by atoms with Crippen molar-refractivity contribution in [3.8, 4) is 0 Å². The van der Waals surface area contributed by atoms with Gasteiger partial charge in [0.15, 0.2) is 0 Å². The van der Waals surface area contributed by atoms with E-state index in [-0.39, 0.29) is 12.5 Å². The summed E-state index contributed by atoms with van der Waals surface area (Å²) in [6.45, 7) is 2.62. The highest BCUT2D eigenvalue weighted by molar-refractivity contribution is 5.77. The van der Waals surface area contributed by atoms with E-state index in [0.717, 1.165) is 32.4 Å². The molecular weight excluding hydrogens is 216 g/mol. The van der Waals surface area contributed by atoms with Crippen LogP contribution in [0.2, 0.25) is 0 Å². The summed E-state index contributed by atoms with van der Waals surface area (Å²) in [5, 5.41) is 12.4. The van der Waals surface area contributed by atoms with Crippen molar-refractivity contribution in [3.63, 3.8) is 0 Å². The second kappa shape index (κ2) is 6.36. The van der Waals surface area contributed by atoms with Crippen LogP contribution in [0.5, 0.6) is 0 Å². The molecule has 0 aromatic rings. The molecule has 1 amide bonds. The van der Waals surface area contributed by atoms with Crippen molar-refractivity contribution in [3.05, 3.63) is 0 Å². The van der Waals surface area contributed by atoms with Crippen molar-refractivity contribution in [2.24, 2.45) is 5.92 Å². The first-order chi connectivity index (χ1) is 8.31. The average molecular weight is 240 g/mol.